The van der Waals surface area contributed by atoms with Crippen LogP contribution in [0.4, 0.5) is 5.95 Å². The molecule has 0 saturated carbocycles. The van der Waals surface area contributed by atoms with Crippen molar-refractivity contribution < 1.29 is 12.9 Å². The fourth-order valence-electron chi connectivity index (χ4n) is 3.04. The topological polar surface area (TPSA) is 101 Å². The van der Waals surface area contributed by atoms with E-state index in [1.165, 1.54) is 6.42 Å². The van der Waals surface area contributed by atoms with Crippen LogP contribution in [-0.4, -0.2) is 36.6 Å². The van der Waals surface area contributed by atoms with Crippen molar-refractivity contribution in [2.45, 2.75) is 51.5 Å². The fourth-order valence-corrected chi connectivity index (χ4v) is 4.37. The summed E-state index contributed by atoms with van der Waals surface area (Å²) in [5, 5.41) is 3.70. The Balaban J connectivity index is 1.78. The van der Waals surface area contributed by atoms with Crippen molar-refractivity contribution in [2.24, 2.45) is 0 Å². The average Bonchev–Trinajstić information content (AvgIpc) is 2.93. The first kappa shape index (κ1) is 17.8. The molecule has 0 radical (unpaired) electrons. The summed E-state index contributed by atoms with van der Waals surface area (Å²) in [4.78, 5) is 11.3. The van der Waals surface area contributed by atoms with E-state index in [2.05, 4.69) is 24.7 Å². The van der Waals surface area contributed by atoms with Gasteiger partial charge in [-0.25, -0.2) is 23.1 Å². The molecule has 2 aromatic rings. The smallest absolute Gasteiger partial charge is 0.246 e. The second kappa shape index (κ2) is 7.09. The summed E-state index contributed by atoms with van der Waals surface area (Å²) in [7, 11) is -3.71. The van der Waals surface area contributed by atoms with Gasteiger partial charge in [-0.1, -0.05) is 5.16 Å². The molecule has 1 N–H and O–H groups in total. The van der Waals surface area contributed by atoms with Gasteiger partial charge >= 0.3 is 0 Å². The zero-order chi connectivity index (χ0) is 18.0. The van der Waals surface area contributed by atoms with Gasteiger partial charge in [0.1, 0.15) is 10.6 Å². The zero-order valence-corrected chi connectivity index (χ0v) is 15.6. The highest BCUT2D eigenvalue weighted by Crippen LogP contribution is 2.20. The average molecular weight is 365 g/mol. The summed E-state index contributed by atoms with van der Waals surface area (Å²) < 4.78 is 32.6. The summed E-state index contributed by atoms with van der Waals surface area (Å²) in [5.74, 6) is 0.948. The van der Waals surface area contributed by atoms with Crippen LogP contribution in [0, 0.1) is 20.8 Å². The molecule has 1 aliphatic rings. The van der Waals surface area contributed by atoms with E-state index in [1.807, 2.05) is 6.92 Å². The van der Waals surface area contributed by atoms with E-state index in [0.29, 0.717) is 17.3 Å². The van der Waals surface area contributed by atoms with Crippen LogP contribution in [0.1, 0.15) is 42.1 Å². The first-order chi connectivity index (χ1) is 11.9. The first-order valence-electron chi connectivity index (χ1n) is 8.39. The van der Waals surface area contributed by atoms with Crippen LogP contribution in [0.2, 0.25) is 0 Å². The lowest BCUT2D eigenvalue weighted by atomic mass is 10.1. The van der Waals surface area contributed by atoms with Crippen LogP contribution < -0.4 is 9.62 Å². The van der Waals surface area contributed by atoms with Crippen molar-refractivity contribution in [1.29, 1.82) is 0 Å². The number of aromatic nitrogens is 3. The van der Waals surface area contributed by atoms with E-state index in [-0.39, 0.29) is 17.2 Å². The number of nitrogens with zero attached hydrogens (tertiary/aromatic N) is 4. The third kappa shape index (κ3) is 3.98. The molecule has 1 fully saturated rings. The molecular weight excluding hydrogens is 342 g/mol. The number of hydrogen-bond donors (Lipinski definition) is 1. The first-order valence-corrected chi connectivity index (χ1v) is 9.87. The van der Waals surface area contributed by atoms with Gasteiger partial charge in [0.2, 0.25) is 16.0 Å². The van der Waals surface area contributed by atoms with Crippen molar-refractivity contribution in [3.05, 3.63) is 28.9 Å². The van der Waals surface area contributed by atoms with Gasteiger partial charge in [0.15, 0.2) is 5.76 Å². The van der Waals surface area contributed by atoms with E-state index in [0.717, 1.165) is 31.6 Å². The Morgan fingerprint density at radius 1 is 1.16 bits per heavy atom. The molecule has 8 nitrogen and oxygen atoms in total. The molecule has 3 heterocycles. The highest BCUT2D eigenvalue weighted by Gasteiger charge is 2.24. The summed E-state index contributed by atoms with van der Waals surface area (Å²) >= 11 is 0. The van der Waals surface area contributed by atoms with E-state index in [1.54, 1.807) is 19.9 Å². The van der Waals surface area contributed by atoms with Gasteiger partial charge in [0, 0.05) is 18.8 Å². The number of nitrogens with one attached hydrogen (secondary N) is 1. The maximum atomic E-state index is 12.5. The van der Waals surface area contributed by atoms with E-state index in [4.69, 9.17) is 4.52 Å². The standard InChI is InChI=1S/C16H23N5O3S/c1-11-9-14(19-16(18-11)21-7-5-4-6-8-21)10-17-25(22,23)15-12(2)20-24-13(15)3/h9,17H,4-8,10H2,1-3H3. The summed E-state index contributed by atoms with van der Waals surface area (Å²) in [5.41, 5.74) is 1.81. The van der Waals surface area contributed by atoms with E-state index in [9.17, 15) is 8.42 Å². The molecule has 0 unspecified atom stereocenters. The minimum Gasteiger partial charge on any atom is -0.360 e. The van der Waals surface area contributed by atoms with Crippen molar-refractivity contribution in [1.82, 2.24) is 19.8 Å². The molecule has 9 heteroatoms. The molecule has 0 aromatic carbocycles. The van der Waals surface area contributed by atoms with Crippen LogP contribution in [-0.2, 0) is 16.6 Å². The Hall–Kier alpha value is -2.00. The largest absolute Gasteiger partial charge is 0.360 e. The molecule has 136 valence electrons. The Morgan fingerprint density at radius 3 is 2.52 bits per heavy atom. The number of hydrogen-bond acceptors (Lipinski definition) is 7. The summed E-state index contributed by atoms with van der Waals surface area (Å²) in [6.07, 6.45) is 3.49. The quantitative estimate of drug-likeness (QED) is 0.863. The van der Waals surface area contributed by atoms with Crippen LogP contribution in [0.15, 0.2) is 15.5 Å². The summed E-state index contributed by atoms with van der Waals surface area (Å²) in [6, 6.07) is 1.79. The zero-order valence-electron chi connectivity index (χ0n) is 14.7. The van der Waals surface area contributed by atoms with Crippen molar-refractivity contribution >= 4 is 16.0 Å². The molecule has 0 aliphatic carbocycles. The predicted octanol–water partition coefficient (Wildman–Crippen LogP) is 1.86. The fraction of sp³-hybridized carbons (Fsp3) is 0.562. The molecular formula is C16H23N5O3S. The lowest BCUT2D eigenvalue weighted by Crippen LogP contribution is -2.32. The molecule has 2 aromatic heterocycles. The van der Waals surface area contributed by atoms with Crippen LogP contribution in [0.25, 0.3) is 0 Å². The maximum absolute atomic E-state index is 12.5. The van der Waals surface area contributed by atoms with Gasteiger partial charge < -0.3 is 9.42 Å². The highest BCUT2D eigenvalue weighted by molar-refractivity contribution is 7.89. The molecule has 1 aliphatic heterocycles. The molecule has 0 spiro atoms. The normalized spacial score (nSPS) is 15.6. The van der Waals surface area contributed by atoms with E-state index < -0.39 is 10.0 Å². The minimum atomic E-state index is -3.71. The Labute approximate surface area is 147 Å². The Morgan fingerprint density at radius 2 is 1.88 bits per heavy atom. The lowest BCUT2D eigenvalue weighted by molar-refractivity contribution is 0.390. The predicted molar refractivity (Wildman–Crippen MR) is 92.8 cm³/mol. The van der Waals surface area contributed by atoms with Crippen molar-refractivity contribution in [3.8, 4) is 0 Å². The van der Waals surface area contributed by atoms with Crippen molar-refractivity contribution in [2.75, 3.05) is 18.0 Å². The molecule has 0 amide bonds. The third-order valence-electron chi connectivity index (χ3n) is 4.21. The maximum Gasteiger partial charge on any atom is 0.246 e. The van der Waals surface area contributed by atoms with Crippen LogP contribution in [0.5, 0.6) is 0 Å². The molecule has 1 saturated heterocycles. The van der Waals surface area contributed by atoms with Crippen LogP contribution >= 0.6 is 0 Å². The Kier molecular flexibility index (Phi) is 5.05. The monoisotopic (exact) mass is 365 g/mol. The van der Waals surface area contributed by atoms with Gasteiger partial charge in [-0.05, 0) is 46.1 Å². The van der Waals surface area contributed by atoms with Gasteiger partial charge in [0.05, 0.1) is 12.2 Å². The second-order valence-corrected chi connectivity index (χ2v) is 8.03. The number of rotatable bonds is 5. The highest BCUT2D eigenvalue weighted by atomic mass is 32.2. The van der Waals surface area contributed by atoms with Gasteiger partial charge in [-0.2, -0.15) is 0 Å². The van der Waals surface area contributed by atoms with Gasteiger partial charge in [-0.3, -0.25) is 0 Å². The minimum absolute atomic E-state index is 0.0922. The van der Waals surface area contributed by atoms with E-state index >= 15 is 0 Å². The van der Waals surface area contributed by atoms with Crippen LogP contribution in [0.3, 0.4) is 0 Å². The van der Waals surface area contributed by atoms with Gasteiger partial charge in [0.25, 0.3) is 0 Å². The number of anilines is 1. The lowest BCUT2D eigenvalue weighted by Gasteiger charge is -2.27. The number of aryl methyl sites for hydroxylation is 3. The van der Waals surface area contributed by atoms with Gasteiger partial charge in [-0.15, -0.1) is 0 Å². The Bertz CT molecular complexity index is 837. The van der Waals surface area contributed by atoms with Crippen molar-refractivity contribution in [3.63, 3.8) is 0 Å². The third-order valence-corrected chi connectivity index (χ3v) is 5.86. The SMILES string of the molecule is Cc1cc(CNS(=O)(=O)c2c(C)noc2C)nc(N2CCCCC2)n1. The number of piperidine rings is 1. The summed E-state index contributed by atoms with van der Waals surface area (Å²) in [6.45, 7) is 7.05. The molecule has 25 heavy (non-hydrogen) atoms. The number of sulfonamides is 1. The molecule has 3 rings (SSSR count). The second-order valence-electron chi connectivity index (χ2n) is 6.33. The molecule has 0 bridgehead atoms. The molecule has 0 atom stereocenters.